The van der Waals surface area contributed by atoms with Gasteiger partial charge in [-0.1, -0.05) is 19.1 Å². The van der Waals surface area contributed by atoms with Crippen LogP contribution >= 0.6 is 11.3 Å². The maximum absolute atomic E-state index is 16.3. The highest BCUT2D eigenvalue weighted by Gasteiger charge is 2.45. The van der Waals surface area contributed by atoms with Crippen LogP contribution in [0.5, 0.6) is 0 Å². The summed E-state index contributed by atoms with van der Waals surface area (Å²) >= 11 is 1.36. The van der Waals surface area contributed by atoms with Crippen molar-refractivity contribution in [1.29, 1.82) is 0 Å². The van der Waals surface area contributed by atoms with Gasteiger partial charge in [0.2, 0.25) is 33.7 Å². The average Bonchev–Trinajstić information content (AvgIpc) is 3.77. The van der Waals surface area contributed by atoms with Gasteiger partial charge in [-0.05, 0) is 56.0 Å². The van der Waals surface area contributed by atoms with E-state index < -0.39 is 50.8 Å². The number of aromatic nitrogens is 3. The molecule has 8 rings (SSSR count). The fraction of sp³-hybridized carbons (Fsp3) is 0.400. The van der Waals surface area contributed by atoms with Gasteiger partial charge in [-0.25, -0.2) is 32.9 Å². The van der Waals surface area contributed by atoms with Gasteiger partial charge in [0.15, 0.2) is 0 Å². The summed E-state index contributed by atoms with van der Waals surface area (Å²) in [6.07, 6.45) is 2.98. The number of hydrogen-bond donors (Lipinski definition) is 3. The number of nitrogens with two attached hydrogens (primary N) is 2. The number of rotatable bonds is 10. The number of fused-ring (bicyclic) bond motifs is 1. The van der Waals surface area contributed by atoms with Crippen LogP contribution in [0.15, 0.2) is 48.7 Å². The van der Waals surface area contributed by atoms with Crippen molar-refractivity contribution in [3.05, 3.63) is 76.2 Å². The summed E-state index contributed by atoms with van der Waals surface area (Å²) in [5.74, 6) is -2.91. The van der Waals surface area contributed by atoms with E-state index in [1.807, 2.05) is 4.90 Å². The Morgan fingerprint density at radius 1 is 0.950 bits per heavy atom. The quantitative estimate of drug-likeness (QED) is 0.195. The number of nitrogens with zero attached hydrogens (tertiary/aromatic N) is 7. The Morgan fingerprint density at radius 3 is 2.37 bits per heavy atom. The van der Waals surface area contributed by atoms with Gasteiger partial charge in [0.25, 0.3) is 11.8 Å². The number of carbonyl (C=O) groups is 5. The zero-order chi connectivity index (χ0) is 42.5. The number of thiazole rings is 1. The van der Waals surface area contributed by atoms with Crippen molar-refractivity contribution in [2.75, 3.05) is 56.4 Å². The Kier molecular flexibility index (Phi) is 11.2. The molecule has 5 N–H and O–H groups in total. The molecule has 0 saturated carbocycles. The first-order chi connectivity index (χ1) is 28.7. The van der Waals surface area contributed by atoms with Gasteiger partial charge in [0.05, 0.1) is 38.9 Å². The predicted octanol–water partition coefficient (Wildman–Crippen LogP) is 2.66. The molecule has 3 fully saturated rings. The van der Waals surface area contributed by atoms with E-state index in [1.54, 1.807) is 43.3 Å². The second-order valence-corrected chi connectivity index (χ2v) is 18.1. The number of amides is 5. The van der Waals surface area contributed by atoms with Gasteiger partial charge in [-0.3, -0.25) is 39.1 Å². The number of anilines is 2. The predicted molar refractivity (Wildman–Crippen MR) is 219 cm³/mol. The minimum atomic E-state index is -4.09. The van der Waals surface area contributed by atoms with Crippen LogP contribution in [-0.2, 0) is 24.4 Å². The number of piperidine rings is 2. The molecule has 0 radical (unpaired) electrons. The first-order valence-corrected chi connectivity index (χ1v) is 22.1. The van der Waals surface area contributed by atoms with E-state index in [-0.39, 0.29) is 65.8 Å². The minimum Gasteiger partial charge on any atom is -0.369 e. The van der Waals surface area contributed by atoms with Crippen molar-refractivity contribution in [3.8, 4) is 21.8 Å². The SMILES string of the molecule is CCC(c1cccc(-c2nc(C3CCN(C(=O)CN4CCN(c5ccc6c(c5)C(=O)N(C5CCC(=O)NC5=O)C6=O)CC4)CC3)sc2-c2ccnc(N)n2)c1F)S(N)(=O)=O. The van der Waals surface area contributed by atoms with Gasteiger partial charge >= 0.3 is 0 Å². The summed E-state index contributed by atoms with van der Waals surface area (Å²) < 4.78 is 41.0. The van der Waals surface area contributed by atoms with Crippen LogP contribution in [0.4, 0.5) is 16.0 Å². The zero-order valence-corrected chi connectivity index (χ0v) is 34.3. The molecule has 4 aliphatic rings. The van der Waals surface area contributed by atoms with Crippen LogP contribution in [0.25, 0.3) is 21.8 Å². The summed E-state index contributed by atoms with van der Waals surface area (Å²) in [6, 6.07) is 10.2. The fourth-order valence-electron chi connectivity index (χ4n) is 8.47. The molecular weight excluding hydrogens is 816 g/mol. The molecule has 20 heteroatoms. The van der Waals surface area contributed by atoms with E-state index in [1.165, 1.54) is 23.6 Å². The number of hydrogen-bond acceptors (Lipinski definition) is 14. The van der Waals surface area contributed by atoms with Gasteiger partial charge in [-0.2, -0.15) is 0 Å². The van der Waals surface area contributed by atoms with Gasteiger partial charge in [0.1, 0.15) is 17.1 Å². The molecule has 2 aromatic carbocycles. The lowest BCUT2D eigenvalue weighted by molar-refractivity contribution is -0.136. The lowest BCUT2D eigenvalue weighted by Gasteiger charge is -2.37. The van der Waals surface area contributed by atoms with Gasteiger partial charge < -0.3 is 15.5 Å². The molecular formula is C40H43FN10O7S2. The van der Waals surface area contributed by atoms with Crippen LogP contribution in [0, 0.1) is 5.82 Å². The summed E-state index contributed by atoms with van der Waals surface area (Å²) in [6.45, 7) is 5.25. The number of halogens is 1. The number of primary sulfonamides is 1. The molecule has 4 aromatic rings. The van der Waals surface area contributed by atoms with Crippen molar-refractivity contribution >= 4 is 62.5 Å². The number of imide groups is 2. The van der Waals surface area contributed by atoms with Gasteiger partial charge in [0, 0.05) is 74.6 Å². The molecule has 2 atom stereocenters. The van der Waals surface area contributed by atoms with Gasteiger partial charge in [-0.15, -0.1) is 11.3 Å². The fourth-order valence-corrected chi connectivity index (χ4v) is 10.7. The van der Waals surface area contributed by atoms with Crippen LogP contribution in [0.1, 0.15) is 81.5 Å². The molecule has 6 heterocycles. The molecule has 314 valence electrons. The van der Waals surface area contributed by atoms with Crippen LogP contribution in [0.3, 0.4) is 0 Å². The highest BCUT2D eigenvalue weighted by atomic mass is 32.2. The number of benzene rings is 2. The Hall–Kier alpha value is -5.70. The second kappa shape index (κ2) is 16.4. The normalized spacial score (nSPS) is 19.8. The summed E-state index contributed by atoms with van der Waals surface area (Å²) in [7, 11) is -4.09. The average molecular weight is 859 g/mol. The molecule has 0 bridgehead atoms. The third-order valence-electron chi connectivity index (χ3n) is 11.7. The third kappa shape index (κ3) is 7.86. The van der Waals surface area contributed by atoms with E-state index >= 15 is 4.39 Å². The molecule has 0 aliphatic carbocycles. The topological polar surface area (TPSA) is 235 Å². The number of carbonyl (C=O) groups excluding carboxylic acids is 5. The molecule has 2 aromatic heterocycles. The Morgan fingerprint density at radius 2 is 1.68 bits per heavy atom. The molecule has 5 amide bonds. The lowest BCUT2D eigenvalue weighted by Crippen LogP contribution is -2.54. The Labute approximate surface area is 349 Å². The first kappa shape index (κ1) is 41.1. The van der Waals surface area contributed by atoms with E-state index in [9.17, 15) is 32.4 Å². The largest absolute Gasteiger partial charge is 0.369 e. The summed E-state index contributed by atoms with van der Waals surface area (Å²) in [5, 5.41) is 7.19. The van der Waals surface area contributed by atoms with Crippen LogP contribution in [0.2, 0.25) is 0 Å². The lowest BCUT2D eigenvalue weighted by atomic mass is 9.97. The molecule has 60 heavy (non-hydrogen) atoms. The minimum absolute atomic E-state index is 0.00767. The molecule has 4 aliphatic heterocycles. The third-order valence-corrected chi connectivity index (χ3v) is 14.3. The number of nitrogen functional groups attached to an aromatic ring is 1. The monoisotopic (exact) mass is 858 g/mol. The second-order valence-electron chi connectivity index (χ2n) is 15.3. The Bertz CT molecular complexity index is 2520. The standard InChI is InChI=1S/C40H43FN10O7S2/c1-2-30(60(43,57)58)25-4-3-5-26(33(25)41)34-35(28-10-13-44-40(42)45-28)59-37(47-34)22-11-14-50(15-12-22)32(53)21-48-16-18-49(19-17-48)23-6-7-24-27(20-23)39(56)51(38(24)55)29-8-9-31(52)46-36(29)54/h3-7,10,13,20,22,29-30H,2,8-9,11-12,14-19,21H2,1H3,(H2,42,44,45)(H2,43,57,58)(H,46,52,54). The maximum Gasteiger partial charge on any atom is 0.262 e. The van der Waals surface area contributed by atoms with E-state index in [0.29, 0.717) is 68.4 Å². The first-order valence-electron chi connectivity index (χ1n) is 19.7. The van der Waals surface area contributed by atoms with E-state index in [2.05, 4.69) is 25.1 Å². The van der Waals surface area contributed by atoms with Crippen molar-refractivity contribution in [2.45, 2.75) is 56.2 Å². The van der Waals surface area contributed by atoms with E-state index in [4.69, 9.17) is 15.9 Å². The molecule has 0 spiro atoms. The van der Waals surface area contributed by atoms with Crippen molar-refractivity contribution in [3.63, 3.8) is 0 Å². The molecule has 17 nitrogen and oxygen atoms in total. The maximum atomic E-state index is 16.3. The van der Waals surface area contributed by atoms with Crippen molar-refractivity contribution < 1.29 is 36.8 Å². The van der Waals surface area contributed by atoms with Crippen LogP contribution < -0.4 is 21.1 Å². The summed E-state index contributed by atoms with van der Waals surface area (Å²) in [4.78, 5) is 84.9. The van der Waals surface area contributed by atoms with Crippen molar-refractivity contribution in [2.24, 2.45) is 5.14 Å². The van der Waals surface area contributed by atoms with Crippen molar-refractivity contribution in [1.82, 2.24) is 35.0 Å². The highest BCUT2D eigenvalue weighted by Crippen LogP contribution is 2.43. The van der Waals surface area contributed by atoms with Crippen LogP contribution in [-0.4, -0.2) is 119 Å². The number of piperazine rings is 1. The smallest absolute Gasteiger partial charge is 0.262 e. The Balaban J connectivity index is 0.900. The molecule has 3 saturated heterocycles. The summed E-state index contributed by atoms with van der Waals surface area (Å²) in [5.41, 5.74) is 7.97. The number of likely N-dealkylation sites (tertiary alicyclic amines) is 1. The zero-order valence-electron chi connectivity index (χ0n) is 32.7. The highest BCUT2D eigenvalue weighted by molar-refractivity contribution is 7.89. The number of sulfonamides is 1. The van der Waals surface area contributed by atoms with E-state index in [0.717, 1.165) is 15.6 Å². The number of nitrogens with one attached hydrogen (secondary N) is 1. The molecule has 2 unspecified atom stereocenters.